The Hall–Kier alpha value is -4.20. The van der Waals surface area contributed by atoms with Crippen molar-refractivity contribution in [3.05, 3.63) is 60.3 Å². The fourth-order valence-electron chi connectivity index (χ4n) is 4.60. The number of aryl methyl sites for hydroxylation is 1. The van der Waals surface area contributed by atoms with Crippen LogP contribution in [0.5, 0.6) is 5.88 Å². The van der Waals surface area contributed by atoms with E-state index >= 15 is 0 Å². The monoisotopic (exact) mass is 507 g/mol. The first-order valence-electron chi connectivity index (χ1n) is 11.9. The number of nitrogens with zero attached hydrogens (tertiary/aromatic N) is 7. The molecular weight excluding hydrogens is 483 g/mol. The summed E-state index contributed by atoms with van der Waals surface area (Å²) in [6.45, 7) is 1.95. The van der Waals surface area contributed by atoms with E-state index in [4.69, 9.17) is 4.74 Å². The summed E-state index contributed by atoms with van der Waals surface area (Å²) in [5.74, 6) is -0.264. The number of fused-ring (bicyclic) bond motifs is 1. The normalized spacial score (nSPS) is 14.6. The predicted molar refractivity (Wildman–Crippen MR) is 131 cm³/mol. The maximum Gasteiger partial charge on any atom is 0.421 e. The Bertz CT molecular complexity index is 1440. The highest BCUT2D eigenvalue weighted by atomic mass is 19.4. The minimum absolute atomic E-state index is 0.0792. The lowest BCUT2D eigenvalue weighted by Crippen LogP contribution is -2.34. The first-order chi connectivity index (χ1) is 17.8. The minimum atomic E-state index is -4.69. The molecule has 8 nitrogen and oxygen atoms in total. The Morgan fingerprint density at radius 2 is 1.86 bits per heavy atom. The van der Waals surface area contributed by atoms with E-state index in [9.17, 15) is 18.4 Å². The van der Waals surface area contributed by atoms with Crippen LogP contribution >= 0.6 is 0 Å². The number of anilines is 1. The Morgan fingerprint density at radius 3 is 2.57 bits per heavy atom. The van der Waals surface area contributed by atoms with Gasteiger partial charge in [0.25, 0.3) is 0 Å². The lowest BCUT2D eigenvalue weighted by molar-refractivity contribution is -0.139. The molecule has 0 bridgehead atoms. The molecule has 0 radical (unpaired) electrons. The molecule has 1 fully saturated rings. The molecule has 0 N–H and O–H groups in total. The summed E-state index contributed by atoms with van der Waals surface area (Å²) in [5, 5.41) is 9.28. The third kappa shape index (κ3) is 5.18. The number of piperidine rings is 1. The molecule has 0 atom stereocenters. The van der Waals surface area contributed by atoms with Crippen molar-refractivity contribution < 1.29 is 17.9 Å². The summed E-state index contributed by atoms with van der Waals surface area (Å²) >= 11 is 0. The zero-order valence-electron chi connectivity index (χ0n) is 20.1. The van der Waals surface area contributed by atoms with E-state index in [1.165, 1.54) is 18.2 Å². The first-order valence-corrected chi connectivity index (χ1v) is 11.9. The van der Waals surface area contributed by atoms with Crippen molar-refractivity contribution in [3.63, 3.8) is 0 Å². The number of nitriles is 1. The second-order valence-corrected chi connectivity index (χ2v) is 9.01. The number of halogens is 3. The molecule has 0 aliphatic carbocycles. The number of rotatable bonds is 6. The maximum atomic E-state index is 14.0. The summed E-state index contributed by atoms with van der Waals surface area (Å²) in [6, 6.07) is 13.0. The summed E-state index contributed by atoms with van der Waals surface area (Å²) in [5.41, 5.74) is 1.00. The summed E-state index contributed by atoms with van der Waals surface area (Å²) in [7, 11) is 1.68. The molecule has 3 aromatic heterocycles. The molecule has 0 saturated carbocycles. The van der Waals surface area contributed by atoms with E-state index in [1.54, 1.807) is 11.6 Å². The molecule has 0 unspecified atom stereocenters. The van der Waals surface area contributed by atoms with E-state index in [-0.39, 0.29) is 29.2 Å². The average Bonchev–Trinajstić information content (AvgIpc) is 3.29. The van der Waals surface area contributed by atoms with E-state index in [1.807, 2.05) is 24.3 Å². The molecule has 4 heterocycles. The average molecular weight is 508 g/mol. The topological polar surface area (TPSA) is 92.8 Å². The van der Waals surface area contributed by atoms with Crippen molar-refractivity contribution in [1.82, 2.24) is 24.5 Å². The highest BCUT2D eigenvalue weighted by molar-refractivity contribution is 5.87. The van der Waals surface area contributed by atoms with Crippen LogP contribution < -0.4 is 9.64 Å². The number of aromatic nitrogens is 5. The lowest BCUT2D eigenvalue weighted by atomic mass is 9.93. The summed E-state index contributed by atoms with van der Waals surface area (Å²) in [4.78, 5) is 18.7. The molecule has 1 aromatic carbocycles. The lowest BCUT2D eigenvalue weighted by Gasteiger charge is -2.33. The zero-order valence-corrected chi connectivity index (χ0v) is 20.1. The largest absolute Gasteiger partial charge is 0.477 e. The van der Waals surface area contributed by atoms with Gasteiger partial charge in [0.05, 0.1) is 12.9 Å². The van der Waals surface area contributed by atoms with Gasteiger partial charge in [0.15, 0.2) is 5.65 Å². The maximum absolute atomic E-state index is 14.0. The van der Waals surface area contributed by atoms with Crippen LogP contribution in [0.25, 0.3) is 22.4 Å². The van der Waals surface area contributed by atoms with Gasteiger partial charge in [0.1, 0.15) is 22.8 Å². The van der Waals surface area contributed by atoms with Crippen molar-refractivity contribution in [2.75, 3.05) is 24.6 Å². The Balaban J connectivity index is 1.30. The predicted octanol–water partition coefficient (Wildman–Crippen LogP) is 5.00. The fraction of sp³-hybridized carbons (Fsp3) is 0.346. The van der Waals surface area contributed by atoms with Crippen molar-refractivity contribution >= 4 is 16.9 Å². The SMILES string of the molecule is Cn1cnc2c(-c3cnc(OCCC4CCN(c5ccccc5)CC4)c(C(F)(F)F)c3)nc(C#N)nc21. The van der Waals surface area contributed by atoms with Gasteiger partial charge < -0.3 is 14.2 Å². The van der Waals surface area contributed by atoms with Gasteiger partial charge in [-0.2, -0.15) is 23.4 Å². The standard InChI is InChI=1S/C26H24F3N7O/c1-35-16-32-23-22(33-21(14-30)34-24(23)35)18-13-20(26(27,28)29)25(31-15-18)37-12-9-17-7-10-36(11-8-17)19-5-3-2-4-6-19/h2-6,13,15-17H,7-12H2,1H3. The van der Waals surface area contributed by atoms with E-state index < -0.39 is 17.6 Å². The third-order valence-electron chi connectivity index (χ3n) is 6.59. The van der Waals surface area contributed by atoms with Crippen LogP contribution in [-0.4, -0.2) is 44.2 Å². The van der Waals surface area contributed by atoms with Gasteiger partial charge in [-0.3, -0.25) is 0 Å². The zero-order chi connectivity index (χ0) is 26.0. The molecule has 37 heavy (non-hydrogen) atoms. The third-order valence-corrected chi connectivity index (χ3v) is 6.59. The van der Waals surface area contributed by atoms with Gasteiger partial charge in [-0.15, -0.1) is 0 Å². The number of para-hydroxylation sites is 1. The number of pyridine rings is 1. The first kappa shape index (κ1) is 24.5. The van der Waals surface area contributed by atoms with Crippen molar-refractivity contribution in [3.8, 4) is 23.2 Å². The van der Waals surface area contributed by atoms with E-state index in [2.05, 4.69) is 37.0 Å². The Kier molecular flexibility index (Phi) is 6.65. The molecular formula is C26H24F3N7O. The molecule has 5 rings (SSSR count). The Morgan fingerprint density at radius 1 is 1.11 bits per heavy atom. The van der Waals surface area contributed by atoms with Crippen LogP contribution in [0.3, 0.4) is 0 Å². The minimum Gasteiger partial charge on any atom is -0.477 e. The van der Waals surface area contributed by atoms with E-state index in [0.717, 1.165) is 32.0 Å². The highest BCUT2D eigenvalue weighted by Crippen LogP contribution is 2.38. The van der Waals surface area contributed by atoms with Gasteiger partial charge in [-0.25, -0.2) is 15.0 Å². The second kappa shape index (κ2) is 10.0. The van der Waals surface area contributed by atoms with Crippen LogP contribution in [-0.2, 0) is 13.2 Å². The number of alkyl halides is 3. The van der Waals surface area contributed by atoms with Crippen molar-refractivity contribution in [2.45, 2.75) is 25.4 Å². The summed E-state index contributed by atoms with van der Waals surface area (Å²) < 4.78 is 49.0. The molecule has 11 heteroatoms. The van der Waals surface area contributed by atoms with Crippen LogP contribution in [0.4, 0.5) is 18.9 Å². The molecule has 0 spiro atoms. The number of benzene rings is 1. The summed E-state index contributed by atoms with van der Waals surface area (Å²) in [6.07, 6.45) is 0.588. The molecule has 4 aromatic rings. The Labute approximate surface area is 211 Å². The van der Waals surface area contributed by atoms with Gasteiger partial charge in [-0.05, 0) is 43.4 Å². The highest BCUT2D eigenvalue weighted by Gasteiger charge is 2.36. The fourth-order valence-corrected chi connectivity index (χ4v) is 4.60. The number of hydrogen-bond acceptors (Lipinski definition) is 7. The number of imidazole rings is 1. The van der Waals surface area contributed by atoms with Gasteiger partial charge in [0, 0.05) is 37.6 Å². The van der Waals surface area contributed by atoms with Gasteiger partial charge in [0.2, 0.25) is 11.7 Å². The molecule has 190 valence electrons. The van der Waals surface area contributed by atoms with Gasteiger partial charge >= 0.3 is 6.18 Å². The second-order valence-electron chi connectivity index (χ2n) is 9.01. The smallest absolute Gasteiger partial charge is 0.421 e. The molecule has 1 aliphatic heterocycles. The molecule has 1 aliphatic rings. The van der Waals surface area contributed by atoms with Crippen LogP contribution in [0, 0.1) is 17.2 Å². The quantitative estimate of drug-likeness (QED) is 0.363. The molecule has 0 amide bonds. The van der Waals surface area contributed by atoms with Crippen molar-refractivity contribution in [1.29, 1.82) is 5.26 Å². The van der Waals surface area contributed by atoms with Crippen LogP contribution in [0.2, 0.25) is 0 Å². The van der Waals surface area contributed by atoms with E-state index in [0.29, 0.717) is 18.0 Å². The molecule has 1 saturated heterocycles. The van der Waals surface area contributed by atoms with Gasteiger partial charge in [-0.1, -0.05) is 18.2 Å². The van der Waals surface area contributed by atoms with Crippen LogP contribution in [0.15, 0.2) is 48.9 Å². The number of hydrogen-bond donors (Lipinski definition) is 0. The number of ether oxygens (including phenoxy) is 1. The van der Waals surface area contributed by atoms with Crippen molar-refractivity contribution in [2.24, 2.45) is 13.0 Å². The van der Waals surface area contributed by atoms with Crippen LogP contribution in [0.1, 0.15) is 30.7 Å².